The van der Waals surface area contributed by atoms with Gasteiger partial charge in [0.05, 0.1) is 7.11 Å². The van der Waals surface area contributed by atoms with Crippen molar-refractivity contribution in [3.8, 4) is 0 Å². The zero-order chi connectivity index (χ0) is 16.2. The first-order valence-corrected chi connectivity index (χ1v) is 7.49. The summed E-state index contributed by atoms with van der Waals surface area (Å²) in [5, 5.41) is 3.28. The average molecular weight is 300 g/mol. The number of esters is 1. The van der Waals surface area contributed by atoms with Crippen LogP contribution < -0.4 is 5.32 Å². The third-order valence-corrected chi connectivity index (χ3v) is 3.62. The lowest BCUT2D eigenvalue weighted by molar-refractivity contribution is -0.145. The lowest BCUT2D eigenvalue weighted by atomic mass is 9.97. The number of amides is 1. The predicted octanol–water partition coefficient (Wildman–Crippen LogP) is 1.78. The lowest BCUT2D eigenvalue weighted by Crippen LogP contribution is -2.64. The highest BCUT2D eigenvalue weighted by atomic mass is 16.6. The van der Waals surface area contributed by atoms with Crippen molar-refractivity contribution in [1.29, 1.82) is 0 Å². The summed E-state index contributed by atoms with van der Waals surface area (Å²) in [5.74, 6) is -0.0619. The molecule has 122 valence electrons. The van der Waals surface area contributed by atoms with Crippen molar-refractivity contribution in [1.82, 2.24) is 10.2 Å². The van der Waals surface area contributed by atoms with E-state index in [-0.39, 0.29) is 30.1 Å². The van der Waals surface area contributed by atoms with Crippen LogP contribution in [0.1, 0.15) is 41.0 Å². The van der Waals surface area contributed by atoms with E-state index in [0.717, 1.165) is 6.42 Å². The van der Waals surface area contributed by atoms with Crippen molar-refractivity contribution in [3.63, 3.8) is 0 Å². The number of rotatable bonds is 5. The van der Waals surface area contributed by atoms with Gasteiger partial charge in [0.1, 0.15) is 11.6 Å². The molecule has 0 aliphatic carbocycles. The molecule has 1 N–H and O–H groups in total. The highest BCUT2D eigenvalue weighted by Crippen LogP contribution is 2.17. The van der Waals surface area contributed by atoms with Gasteiger partial charge in [-0.25, -0.2) is 4.79 Å². The molecule has 0 aromatic carbocycles. The Morgan fingerprint density at radius 1 is 1.33 bits per heavy atom. The van der Waals surface area contributed by atoms with Crippen LogP contribution in [0.2, 0.25) is 0 Å². The molecule has 0 aromatic heterocycles. The summed E-state index contributed by atoms with van der Waals surface area (Å²) in [7, 11) is 1.40. The van der Waals surface area contributed by atoms with Gasteiger partial charge >= 0.3 is 12.1 Å². The Balaban J connectivity index is 2.45. The van der Waals surface area contributed by atoms with Gasteiger partial charge in [-0.1, -0.05) is 20.3 Å². The first-order valence-electron chi connectivity index (χ1n) is 7.49. The molecule has 0 radical (unpaired) electrons. The molecule has 2 atom stereocenters. The molecular weight excluding hydrogens is 272 g/mol. The largest absolute Gasteiger partial charge is 0.468 e. The van der Waals surface area contributed by atoms with Gasteiger partial charge in [-0.15, -0.1) is 0 Å². The van der Waals surface area contributed by atoms with Crippen molar-refractivity contribution in [3.05, 3.63) is 0 Å². The van der Waals surface area contributed by atoms with E-state index in [9.17, 15) is 9.59 Å². The van der Waals surface area contributed by atoms with E-state index >= 15 is 0 Å². The van der Waals surface area contributed by atoms with E-state index in [1.165, 1.54) is 7.11 Å². The Kier molecular flexibility index (Phi) is 6.01. The first kappa shape index (κ1) is 17.8. The second kappa shape index (κ2) is 7.11. The predicted molar refractivity (Wildman–Crippen MR) is 80.0 cm³/mol. The molecule has 1 rings (SSSR count). The fraction of sp³-hybridized carbons (Fsp3) is 0.867. The molecule has 0 spiro atoms. The van der Waals surface area contributed by atoms with E-state index in [1.807, 2.05) is 34.6 Å². The molecule has 1 saturated heterocycles. The van der Waals surface area contributed by atoms with E-state index in [1.54, 1.807) is 4.90 Å². The van der Waals surface area contributed by atoms with Crippen LogP contribution in [0.15, 0.2) is 0 Å². The second-order valence-electron chi connectivity index (χ2n) is 6.64. The molecule has 0 bridgehead atoms. The van der Waals surface area contributed by atoms with E-state index < -0.39 is 5.60 Å². The molecular formula is C15H28N2O4. The third-order valence-electron chi connectivity index (χ3n) is 3.62. The highest BCUT2D eigenvalue weighted by Gasteiger charge is 2.37. The molecule has 1 amide bonds. The summed E-state index contributed by atoms with van der Waals surface area (Å²) in [5.41, 5.74) is -0.485. The number of hydrogen-bond acceptors (Lipinski definition) is 5. The van der Waals surface area contributed by atoms with Crippen LogP contribution in [0.5, 0.6) is 0 Å². The quantitative estimate of drug-likeness (QED) is 0.784. The summed E-state index contributed by atoms with van der Waals surface area (Å²) < 4.78 is 10.1. The van der Waals surface area contributed by atoms with Gasteiger partial charge in [-0.3, -0.25) is 10.1 Å². The van der Waals surface area contributed by atoms with Gasteiger partial charge in [-0.05, 0) is 26.7 Å². The van der Waals surface area contributed by atoms with Gasteiger partial charge in [0.25, 0.3) is 0 Å². The molecule has 1 heterocycles. The maximum absolute atomic E-state index is 11.8. The number of ether oxygens (including phenoxy) is 2. The number of carbonyl (C=O) groups excluding carboxylic acids is 2. The molecule has 1 aliphatic rings. The fourth-order valence-corrected chi connectivity index (χ4v) is 2.14. The fourth-order valence-electron chi connectivity index (χ4n) is 2.14. The minimum absolute atomic E-state index is 0.107. The van der Waals surface area contributed by atoms with Crippen LogP contribution in [0.4, 0.5) is 4.79 Å². The summed E-state index contributed by atoms with van der Waals surface area (Å²) >= 11 is 0. The maximum atomic E-state index is 11.8. The Morgan fingerprint density at radius 2 is 1.90 bits per heavy atom. The normalized spacial score (nSPS) is 18.7. The van der Waals surface area contributed by atoms with Gasteiger partial charge < -0.3 is 14.4 Å². The van der Waals surface area contributed by atoms with E-state index in [0.29, 0.717) is 13.1 Å². The van der Waals surface area contributed by atoms with Crippen molar-refractivity contribution in [2.24, 2.45) is 5.92 Å². The monoisotopic (exact) mass is 300 g/mol. The van der Waals surface area contributed by atoms with Gasteiger partial charge in [0, 0.05) is 19.1 Å². The van der Waals surface area contributed by atoms with E-state index in [2.05, 4.69) is 5.32 Å². The number of likely N-dealkylation sites (tertiary alicyclic amines) is 1. The van der Waals surface area contributed by atoms with Crippen molar-refractivity contribution in [2.75, 3.05) is 20.2 Å². The van der Waals surface area contributed by atoms with Crippen LogP contribution in [0, 0.1) is 5.92 Å². The summed E-state index contributed by atoms with van der Waals surface area (Å²) in [6.45, 7) is 10.7. The van der Waals surface area contributed by atoms with Gasteiger partial charge in [-0.2, -0.15) is 0 Å². The Labute approximate surface area is 127 Å². The third kappa shape index (κ3) is 5.19. The minimum Gasteiger partial charge on any atom is -0.468 e. The molecule has 21 heavy (non-hydrogen) atoms. The number of carbonyl (C=O) groups is 2. The van der Waals surface area contributed by atoms with Crippen molar-refractivity contribution in [2.45, 2.75) is 58.7 Å². The van der Waals surface area contributed by atoms with Crippen molar-refractivity contribution < 1.29 is 19.1 Å². The summed E-state index contributed by atoms with van der Waals surface area (Å²) in [6, 6.07) is -0.221. The Bertz CT molecular complexity index is 372. The smallest absolute Gasteiger partial charge is 0.410 e. The SMILES string of the molecule is CCC(C)C(NC1CN(C(=O)OC(C)(C)C)C1)C(=O)OC. The van der Waals surface area contributed by atoms with Crippen LogP contribution in [-0.2, 0) is 14.3 Å². The van der Waals surface area contributed by atoms with Crippen LogP contribution >= 0.6 is 0 Å². The maximum Gasteiger partial charge on any atom is 0.410 e. The van der Waals surface area contributed by atoms with Crippen molar-refractivity contribution >= 4 is 12.1 Å². The zero-order valence-corrected chi connectivity index (χ0v) is 13.9. The topological polar surface area (TPSA) is 67.9 Å². The molecule has 0 saturated carbocycles. The second-order valence-corrected chi connectivity index (χ2v) is 6.64. The molecule has 0 aromatic rings. The molecule has 1 fully saturated rings. The van der Waals surface area contributed by atoms with Crippen LogP contribution in [0.25, 0.3) is 0 Å². The molecule has 6 nitrogen and oxygen atoms in total. The standard InChI is InChI=1S/C15H28N2O4/c1-7-10(2)12(13(18)20-6)16-11-8-17(9-11)14(19)21-15(3,4)5/h10-12,16H,7-9H2,1-6H3. The average Bonchev–Trinajstić information content (AvgIpc) is 2.33. The van der Waals surface area contributed by atoms with Crippen LogP contribution in [-0.4, -0.2) is 54.8 Å². The molecule has 1 aliphatic heterocycles. The molecule has 6 heteroatoms. The number of methoxy groups -OCH3 is 1. The number of hydrogen-bond donors (Lipinski definition) is 1. The van der Waals surface area contributed by atoms with Gasteiger partial charge in [0.15, 0.2) is 0 Å². The number of nitrogens with one attached hydrogen (secondary N) is 1. The van der Waals surface area contributed by atoms with Crippen LogP contribution in [0.3, 0.4) is 0 Å². The Hall–Kier alpha value is -1.30. The van der Waals surface area contributed by atoms with E-state index in [4.69, 9.17) is 9.47 Å². The highest BCUT2D eigenvalue weighted by molar-refractivity contribution is 5.76. The number of nitrogens with zero attached hydrogens (tertiary/aromatic N) is 1. The molecule has 2 unspecified atom stereocenters. The van der Waals surface area contributed by atoms with Gasteiger partial charge in [0.2, 0.25) is 0 Å². The zero-order valence-electron chi connectivity index (χ0n) is 13.9. The summed E-state index contributed by atoms with van der Waals surface area (Å²) in [4.78, 5) is 25.3. The first-order chi connectivity index (χ1) is 9.67. The Morgan fingerprint density at radius 3 is 2.33 bits per heavy atom. The summed E-state index contributed by atoms with van der Waals surface area (Å²) in [6.07, 6.45) is 0.577. The lowest BCUT2D eigenvalue weighted by Gasteiger charge is -2.42. The minimum atomic E-state index is -0.485.